The molecule has 11 rings (SSSR count). The number of allylic oxidation sites excluding steroid dienone is 12. The van der Waals surface area contributed by atoms with Crippen LogP contribution < -0.4 is 14.4 Å². The SMILES string of the molecule is C1=CCC(c2ccc3c(c2)OC2=C(CC(C4C=CC5C(C4)C4=C(C=CCC4)N5c4ccccc4)C=C2)C32C3=C(CCCC3)Oc3ccccc32)C=C1. The zero-order valence-corrected chi connectivity index (χ0v) is 29.7. The molecule has 8 aliphatic rings. The zero-order chi connectivity index (χ0) is 34.2. The maximum atomic E-state index is 7.08. The van der Waals surface area contributed by atoms with Crippen LogP contribution in [0.2, 0.25) is 0 Å². The number of fused-ring (bicyclic) bond motifs is 8. The molecule has 0 aromatic heterocycles. The molecule has 3 aromatic carbocycles. The van der Waals surface area contributed by atoms with Crippen molar-refractivity contribution in [1.82, 2.24) is 0 Å². The van der Waals surface area contributed by atoms with E-state index in [1.54, 1.807) is 5.57 Å². The summed E-state index contributed by atoms with van der Waals surface area (Å²) in [6.07, 6.45) is 33.6. The van der Waals surface area contributed by atoms with E-state index in [4.69, 9.17) is 9.47 Å². The first-order chi connectivity index (χ1) is 25.8. The second-order valence-corrected chi connectivity index (χ2v) is 16.0. The van der Waals surface area contributed by atoms with Gasteiger partial charge in [0.15, 0.2) is 0 Å². The Labute approximate surface area is 307 Å². The predicted octanol–water partition coefficient (Wildman–Crippen LogP) is 11.7. The fourth-order valence-corrected chi connectivity index (χ4v) is 11.1. The highest BCUT2D eigenvalue weighted by atomic mass is 16.5. The number of nitrogens with zero attached hydrogens (tertiary/aromatic N) is 1. The van der Waals surface area contributed by atoms with E-state index in [1.165, 1.54) is 70.7 Å². The Morgan fingerprint density at radius 1 is 0.692 bits per heavy atom. The molecule has 3 heteroatoms. The minimum atomic E-state index is -0.389. The van der Waals surface area contributed by atoms with Crippen LogP contribution in [0.15, 0.2) is 167 Å². The standard InChI is InChI=1S/C49H45NO2/c1-3-13-32(14-4-1)35-23-26-41-48(31-35)52-47-28-25-34(30-42(47)49(41)39-18-8-11-21-45(39)51-46-22-12-9-19-40(46)49)33-24-27-44-38(29-33)37-17-7-10-20-43(37)50(44)36-15-5-2-6-16-36/h1-6,8,10-11,13,15-16,18,20-21,23-28,31-34,38,44H,7,9,12,14,17,19,22,29-30H2. The molecular weight excluding hydrogens is 635 g/mol. The summed E-state index contributed by atoms with van der Waals surface area (Å²) in [6, 6.07) is 27.5. The summed E-state index contributed by atoms with van der Waals surface area (Å²) in [4.78, 5) is 2.62. The normalized spacial score (nSPS) is 30.7. The van der Waals surface area contributed by atoms with Crippen molar-refractivity contribution in [3.05, 3.63) is 184 Å². The average molecular weight is 680 g/mol. The van der Waals surface area contributed by atoms with Crippen molar-refractivity contribution >= 4 is 5.69 Å². The summed E-state index contributed by atoms with van der Waals surface area (Å²) in [5, 5.41) is 0. The maximum absolute atomic E-state index is 7.08. The van der Waals surface area contributed by atoms with Crippen LogP contribution in [0.25, 0.3) is 0 Å². The highest BCUT2D eigenvalue weighted by Crippen LogP contribution is 2.62. The van der Waals surface area contributed by atoms with E-state index in [2.05, 4.69) is 138 Å². The molecule has 0 amide bonds. The first kappa shape index (κ1) is 30.6. The molecule has 0 radical (unpaired) electrons. The lowest BCUT2D eigenvalue weighted by molar-refractivity contribution is 0.294. The van der Waals surface area contributed by atoms with Gasteiger partial charge >= 0.3 is 0 Å². The van der Waals surface area contributed by atoms with Crippen molar-refractivity contribution in [2.45, 2.75) is 75.2 Å². The lowest BCUT2D eigenvalue weighted by Gasteiger charge is -2.50. The first-order valence-electron chi connectivity index (χ1n) is 19.8. The molecule has 0 saturated carbocycles. The van der Waals surface area contributed by atoms with Crippen LogP contribution in [0.4, 0.5) is 5.69 Å². The van der Waals surface area contributed by atoms with Gasteiger partial charge in [-0.3, -0.25) is 0 Å². The number of para-hydroxylation sites is 2. The highest BCUT2D eigenvalue weighted by molar-refractivity contribution is 5.71. The van der Waals surface area contributed by atoms with Crippen LogP contribution in [-0.4, -0.2) is 6.04 Å². The summed E-state index contributed by atoms with van der Waals surface area (Å²) < 4.78 is 13.9. The Morgan fingerprint density at radius 2 is 1.58 bits per heavy atom. The number of hydrogen-bond acceptors (Lipinski definition) is 3. The quantitative estimate of drug-likeness (QED) is 0.257. The Morgan fingerprint density at radius 3 is 2.50 bits per heavy atom. The zero-order valence-electron chi connectivity index (χ0n) is 29.7. The molecule has 0 saturated heterocycles. The van der Waals surface area contributed by atoms with Crippen molar-refractivity contribution in [2.24, 2.45) is 17.8 Å². The summed E-state index contributed by atoms with van der Waals surface area (Å²) in [7, 11) is 0. The van der Waals surface area contributed by atoms with Crippen molar-refractivity contribution in [3.63, 3.8) is 0 Å². The first-order valence-corrected chi connectivity index (χ1v) is 19.8. The van der Waals surface area contributed by atoms with E-state index < -0.39 is 0 Å². The Hall–Kier alpha value is -5.02. The smallest absolute Gasteiger partial charge is 0.132 e. The van der Waals surface area contributed by atoms with E-state index in [0.29, 0.717) is 29.7 Å². The summed E-state index contributed by atoms with van der Waals surface area (Å²) in [6.45, 7) is 0. The van der Waals surface area contributed by atoms with Crippen LogP contribution >= 0.6 is 0 Å². The minimum Gasteiger partial charge on any atom is -0.461 e. The van der Waals surface area contributed by atoms with Crippen molar-refractivity contribution < 1.29 is 9.47 Å². The van der Waals surface area contributed by atoms with Crippen LogP contribution in [-0.2, 0) is 5.41 Å². The van der Waals surface area contributed by atoms with Gasteiger partial charge in [0, 0.05) is 40.8 Å². The second kappa shape index (κ2) is 12.0. The Bertz CT molecular complexity index is 2230. The van der Waals surface area contributed by atoms with Crippen LogP contribution in [0.1, 0.15) is 80.4 Å². The number of rotatable bonds is 3. The topological polar surface area (TPSA) is 21.7 Å². The van der Waals surface area contributed by atoms with E-state index in [0.717, 1.165) is 49.4 Å². The fraction of sp³-hybridized carbons (Fsp3) is 0.306. The minimum absolute atomic E-state index is 0.369. The van der Waals surface area contributed by atoms with Crippen molar-refractivity contribution in [2.75, 3.05) is 4.90 Å². The molecule has 0 fully saturated rings. The number of anilines is 1. The molecule has 3 aromatic rings. The van der Waals surface area contributed by atoms with Crippen molar-refractivity contribution in [1.29, 1.82) is 0 Å². The number of benzene rings is 3. The highest BCUT2D eigenvalue weighted by Gasteiger charge is 2.54. The largest absolute Gasteiger partial charge is 0.461 e. The monoisotopic (exact) mass is 679 g/mol. The second-order valence-electron chi connectivity index (χ2n) is 16.0. The molecule has 3 heterocycles. The molecule has 6 atom stereocenters. The lowest BCUT2D eigenvalue weighted by Crippen LogP contribution is -2.43. The van der Waals surface area contributed by atoms with Gasteiger partial charge in [-0.15, -0.1) is 0 Å². The van der Waals surface area contributed by atoms with Gasteiger partial charge in [0.05, 0.1) is 11.5 Å². The van der Waals surface area contributed by atoms with E-state index >= 15 is 0 Å². The summed E-state index contributed by atoms with van der Waals surface area (Å²) in [5.74, 6) is 6.02. The molecule has 3 nitrogen and oxygen atoms in total. The molecule has 3 aliphatic heterocycles. The van der Waals surface area contributed by atoms with Crippen LogP contribution in [0, 0.1) is 17.8 Å². The van der Waals surface area contributed by atoms with Gasteiger partial charge in [-0.05, 0) is 122 Å². The van der Waals surface area contributed by atoms with Gasteiger partial charge in [-0.1, -0.05) is 97.1 Å². The van der Waals surface area contributed by atoms with Crippen LogP contribution in [0.5, 0.6) is 11.5 Å². The maximum Gasteiger partial charge on any atom is 0.132 e. The third kappa shape index (κ3) is 4.50. The van der Waals surface area contributed by atoms with Gasteiger partial charge < -0.3 is 14.4 Å². The molecule has 5 aliphatic carbocycles. The Kier molecular flexibility index (Phi) is 7.07. The molecular formula is C49H45NO2. The molecule has 52 heavy (non-hydrogen) atoms. The number of hydrogen-bond donors (Lipinski definition) is 0. The third-order valence-corrected chi connectivity index (χ3v) is 13.4. The number of ether oxygens (including phenoxy) is 2. The van der Waals surface area contributed by atoms with E-state index in [9.17, 15) is 0 Å². The predicted molar refractivity (Wildman–Crippen MR) is 209 cm³/mol. The van der Waals surface area contributed by atoms with Gasteiger partial charge in [0.2, 0.25) is 0 Å². The fourth-order valence-electron chi connectivity index (χ4n) is 11.1. The van der Waals surface area contributed by atoms with Crippen molar-refractivity contribution in [3.8, 4) is 11.5 Å². The van der Waals surface area contributed by atoms with Gasteiger partial charge in [-0.25, -0.2) is 0 Å². The average Bonchev–Trinajstić information content (AvgIpc) is 3.55. The molecule has 0 N–H and O–H groups in total. The van der Waals surface area contributed by atoms with Crippen LogP contribution in [0.3, 0.4) is 0 Å². The van der Waals surface area contributed by atoms with Gasteiger partial charge in [0.25, 0.3) is 0 Å². The summed E-state index contributed by atoms with van der Waals surface area (Å²) >= 11 is 0. The van der Waals surface area contributed by atoms with E-state index in [1.807, 2.05) is 0 Å². The van der Waals surface area contributed by atoms with Gasteiger partial charge in [0.1, 0.15) is 23.0 Å². The molecule has 258 valence electrons. The molecule has 6 unspecified atom stereocenters. The molecule has 0 bridgehead atoms. The van der Waals surface area contributed by atoms with E-state index in [-0.39, 0.29) is 5.41 Å². The Balaban J connectivity index is 1.02. The lowest BCUT2D eigenvalue weighted by atomic mass is 9.56. The molecule has 1 spiro atoms. The van der Waals surface area contributed by atoms with Gasteiger partial charge in [-0.2, -0.15) is 0 Å². The summed E-state index contributed by atoms with van der Waals surface area (Å²) in [5.41, 5.74) is 10.8. The third-order valence-electron chi connectivity index (χ3n) is 13.4.